The second-order valence-electron chi connectivity index (χ2n) is 6.93. The van der Waals surface area contributed by atoms with Crippen LogP contribution >= 0.6 is 0 Å². The molecule has 2 nitrogen and oxygen atoms in total. The van der Waals surface area contributed by atoms with E-state index in [4.69, 9.17) is 0 Å². The van der Waals surface area contributed by atoms with Gasteiger partial charge in [0, 0.05) is 0 Å². The highest BCUT2D eigenvalue weighted by molar-refractivity contribution is 5.79. The van der Waals surface area contributed by atoms with Crippen LogP contribution in [0.2, 0.25) is 0 Å². The molecule has 2 aromatic rings. The molecule has 0 saturated heterocycles. The van der Waals surface area contributed by atoms with Gasteiger partial charge >= 0.3 is 0 Å². The quantitative estimate of drug-likeness (QED) is 0.851. The molecule has 1 atom stereocenters. The van der Waals surface area contributed by atoms with Crippen molar-refractivity contribution >= 4 is 5.91 Å². The summed E-state index contributed by atoms with van der Waals surface area (Å²) in [6, 6.07) is 15.1. The zero-order chi connectivity index (χ0) is 16.9. The molecule has 1 amide bonds. The number of nitrogens with one attached hydrogen (secondary N) is 1. The molecule has 24 heavy (non-hydrogen) atoms. The third-order valence-corrected chi connectivity index (χ3v) is 5.00. The Morgan fingerprint density at radius 3 is 2.46 bits per heavy atom. The van der Waals surface area contributed by atoms with Gasteiger partial charge in [-0.1, -0.05) is 55.0 Å². The monoisotopic (exact) mass is 321 g/mol. The molecule has 0 aliphatic heterocycles. The number of benzene rings is 2. The Morgan fingerprint density at radius 2 is 1.75 bits per heavy atom. The van der Waals surface area contributed by atoms with Crippen molar-refractivity contribution in [2.24, 2.45) is 0 Å². The minimum Gasteiger partial charge on any atom is -0.349 e. The van der Waals surface area contributed by atoms with Crippen molar-refractivity contribution in [3.05, 3.63) is 70.3 Å². The van der Waals surface area contributed by atoms with Gasteiger partial charge in [-0.3, -0.25) is 4.79 Å². The Kier molecular flexibility index (Phi) is 5.34. The van der Waals surface area contributed by atoms with Crippen LogP contribution in [0.5, 0.6) is 0 Å². The third kappa shape index (κ3) is 4.05. The van der Waals surface area contributed by atoms with Gasteiger partial charge in [-0.15, -0.1) is 0 Å². The SMILES string of the molecule is CCC(NC(=O)Cc1ccc(C)cc1)c1ccc2c(c1)CCCC2. The van der Waals surface area contributed by atoms with E-state index in [1.165, 1.54) is 47.9 Å². The minimum atomic E-state index is 0.100. The standard InChI is InChI=1S/C22H27NO/c1-3-21(20-13-12-18-6-4-5-7-19(18)15-20)23-22(24)14-17-10-8-16(2)9-11-17/h8-13,15,21H,3-7,14H2,1-2H3,(H,23,24). The minimum absolute atomic E-state index is 0.100. The lowest BCUT2D eigenvalue weighted by molar-refractivity contribution is -0.121. The van der Waals surface area contributed by atoms with Crippen molar-refractivity contribution in [1.82, 2.24) is 5.32 Å². The van der Waals surface area contributed by atoms with Gasteiger partial charge in [0.25, 0.3) is 0 Å². The molecule has 126 valence electrons. The second-order valence-corrected chi connectivity index (χ2v) is 6.93. The molecule has 2 aromatic carbocycles. The van der Waals surface area contributed by atoms with Gasteiger partial charge in [0.15, 0.2) is 0 Å². The normalized spacial score (nSPS) is 14.8. The summed E-state index contributed by atoms with van der Waals surface area (Å²) in [6.45, 7) is 4.20. The number of hydrogen-bond donors (Lipinski definition) is 1. The average molecular weight is 321 g/mol. The molecule has 1 aliphatic carbocycles. The zero-order valence-electron chi connectivity index (χ0n) is 14.8. The number of amides is 1. The first-order valence-corrected chi connectivity index (χ1v) is 9.12. The third-order valence-electron chi connectivity index (χ3n) is 5.00. The van der Waals surface area contributed by atoms with E-state index in [-0.39, 0.29) is 11.9 Å². The highest BCUT2D eigenvalue weighted by atomic mass is 16.1. The molecule has 0 bridgehead atoms. The van der Waals surface area contributed by atoms with Crippen LogP contribution in [-0.2, 0) is 24.1 Å². The summed E-state index contributed by atoms with van der Waals surface area (Å²) in [7, 11) is 0. The molecule has 0 heterocycles. The number of carbonyl (C=O) groups is 1. The van der Waals surface area contributed by atoms with Gasteiger partial charge in [0.05, 0.1) is 12.5 Å². The van der Waals surface area contributed by atoms with E-state index in [0.717, 1.165) is 12.0 Å². The van der Waals surface area contributed by atoms with Gasteiger partial charge in [-0.2, -0.15) is 0 Å². The highest BCUT2D eigenvalue weighted by Gasteiger charge is 2.16. The topological polar surface area (TPSA) is 29.1 Å². The molecular formula is C22H27NO. The second kappa shape index (κ2) is 7.65. The van der Waals surface area contributed by atoms with Crippen LogP contribution in [0, 0.1) is 6.92 Å². The lowest BCUT2D eigenvalue weighted by Gasteiger charge is -2.22. The number of fused-ring (bicyclic) bond motifs is 1. The van der Waals surface area contributed by atoms with Crippen LogP contribution in [0.1, 0.15) is 60.0 Å². The maximum atomic E-state index is 12.4. The summed E-state index contributed by atoms with van der Waals surface area (Å²) in [5, 5.41) is 3.21. The van der Waals surface area contributed by atoms with Crippen LogP contribution in [0.4, 0.5) is 0 Å². The van der Waals surface area contributed by atoms with Gasteiger partial charge < -0.3 is 5.32 Å². The van der Waals surface area contributed by atoms with Crippen molar-refractivity contribution in [1.29, 1.82) is 0 Å². The smallest absolute Gasteiger partial charge is 0.224 e. The molecule has 2 heteroatoms. The van der Waals surface area contributed by atoms with E-state index in [9.17, 15) is 4.79 Å². The molecule has 0 fully saturated rings. The molecule has 0 radical (unpaired) electrons. The fourth-order valence-electron chi connectivity index (χ4n) is 3.53. The summed E-state index contributed by atoms with van der Waals surface area (Å²) in [5.41, 5.74) is 6.50. The van der Waals surface area contributed by atoms with Crippen LogP contribution in [0.15, 0.2) is 42.5 Å². The molecule has 0 saturated carbocycles. The Labute approximate surface area is 145 Å². The van der Waals surface area contributed by atoms with Crippen LogP contribution < -0.4 is 5.32 Å². The predicted molar refractivity (Wildman–Crippen MR) is 99.1 cm³/mol. The first-order chi connectivity index (χ1) is 11.7. The largest absolute Gasteiger partial charge is 0.349 e. The van der Waals surface area contributed by atoms with Gasteiger partial charge in [0.2, 0.25) is 5.91 Å². The van der Waals surface area contributed by atoms with E-state index in [1.54, 1.807) is 0 Å². The molecular weight excluding hydrogens is 294 g/mol. The van der Waals surface area contributed by atoms with Crippen molar-refractivity contribution < 1.29 is 4.79 Å². The fraction of sp³-hybridized carbons (Fsp3) is 0.409. The summed E-state index contributed by atoms with van der Waals surface area (Å²) in [5.74, 6) is 0.100. The van der Waals surface area contributed by atoms with Crippen LogP contribution in [0.25, 0.3) is 0 Å². The number of rotatable bonds is 5. The molecule has 0 spiro atoms. The van der Waals surface area contributed by atoms with E-state index < -0.39 is 0 Å². The van der Waals surface area contributed by atoms with Crippen molar-refractivity contribution in [2.45, 2.75) is 58.4 Å². The first-order valence-electron chi connectivity index (χ1n) is 9.12. The predicted octanol–water partition coefficient (Wildman–Crippen LogP) is 4.68. The maximum Gasteiger partial charge on any atom is 0.224 e. The zero-order valence-corrected chi connectivity index (χ0v) is 14.8. The average Bonchev–Trinajstić information content (AvgIpc) is 2.61. The Morgan fingerprint density at radius 1 is 1.04 bits per heavy atom. The van der Waals surface area contributed by atoms with E-state index in [2.05, 4.69) is 49.5 Å². The first kappa shape index (κ1) is 16.8. The number of carbonyl (C=O) groups excluding carboxylic acids is 1. The van der Waals surface area contributed by atoms with E-state index in [1.807, 2.05) is 12.1 Å². The Hall–Kier alpha value is -2.09. The van der Waals surface area contributed by atoms with E-state index in [0.29, 0.717) is 6.42 Å². The molecule has 3 rings (SSSR count). The molecule has 1 unspecified atom stereocenters. The van der Waals surface area contributed by atoms with Gasteiger partial charge in [0.1, 0.15) is 0 Å². The summed E-state index contributed by atoms with van der Waals surface area (Å²) in [4.78, 5) is 12.4. The summed E-state index contributed by atoms with van der Waals surface area (Å²) < 4.78 is 0. The van der Waals surface area contributed by atoms with Crippen molar-refractivity contribution in [2.75, 3.05) is 0 Å². The van der Waals surface area contributed by atoms with Gasteiger partial charge in [-0.05, 0) is 61.3 Å². The lowest BCUT2D eigenvalue weighted by Crippen LogP contribution is -2.29. The summed E-state index contributed by atoms with van der Waals surface area (Å²) >= 11 is 0. The highest BCUT2D eigenvalue weighted by Crippen LogP contribution is 2.26. The number of hydrogen-bond acceptors (Lipinski definition) is 1. The molecule has 1 aliphatic rings. The fourth-order valence-corrected chi connectivity index (χ4v) is 3.53. The number of aryl methyl sites for hydroxylation is 3. The van der Waals surface area contributed by atoms with Gasteiger partial charge in [-0.25, -0.2) is 0 Å². The lowest BCUT2D eigenvalue weighted by atomic mass is 9.88. The van der Waals surface area contributed by atoms with E-state index >= 15 is 0 Å². The maximum absolute atomic E-state index is 12.4. The van der Waals surface area contributed by atoms with Crippen molar-refractivity contribution in [3.63, 3.8) is 0 Å². The Balaban J connectivity index is 1.67. The van der Waals surface area contributed by atoms with Crippen LogP contribution in [-0.4, -0.2) is 5.91 Å². The molecule has 0 aromatic heterocycles. The Bertz CT molecular complexity index is 702. The van der Waals surface area contributed by atoms with Crippen molar-refractivity contribution in [3.8, 4) is 0 Å². The van der Waals surface area contributed by atoms with Crippen LogP contribution in [0.3, 0.4) is 0 Å². The summed E-state index contributed by atoms with van der Waals surface area (Å²) in [6.07, 6.45) is 6.33. The molecule has 1 N–H and O–H groups in total.